The van der Waals surface area contributed by atoms with Crippen molar-refractivity contribution in [3.05, 3.63) is 56.2 Å². The van der Waals surface area contributed by atoms with E-state index in [4.69, 9.17) is 0 Å². The van der Waals surface area contributed by atoms with Crippen LogP contribution in [-0.2, 0) is 0 Å². The Morgan fingerprint density at radius 3 is 2.58 bits per heavy atom. The molecule has 1 heterocycles. The monoisotopic (exact) mass is 345 g/mol. The smallest absolute Gasteiger partial charge is 0.159 e. The first-order valence-corrected chi connectivity index (χ1v) is 7.71. The van der Waals surface area contributed by atoms with E-state index in [-0.39, 0.29) is 6.04 Å². The Hall–Kier alpha value is -0.780. The summed E-state index contributed by atoms with van der Waals surface area (Å²) in [6.07, 6.45) is 0.978. The average Bonchev–Trinajstić information content (AvgIpc) is 2.80. The minimum absolute atomic E-state index is 0.113. The summed E-state index contributed by atoms with van der Waals surface area (Å²) in [4.78, 5) is 0. The molecule has 1 atom stereocenters. The Balaban J connectivity index is 2.33. The molecule has 0 spiro atoms. The summed E-state index contributed by atoms with van der Waals surface area (Å²) in [6.45, 7) is 2.88. The molecule has 1 aromatic heterocycles. The zero-order chi connectivity index (χ0) is 13.8. The lowest BCUT2D eigenvalue weighted by Crippen LogP contribution is -2.23. The maximum atomic E-state index is 13.4. The molecule has 1 nitrogen and oxygen atoms in total. The molecule has 0 aliphatic carbocycles. The molecule has 0 aliphatic heterocycles. The van der Waals surface area contributed by atoms with Gasteiger partial charge in [-0.3, -0.25) is 0 Å². The highest BCUT2D eigenvalue weighted by Gasteiger charge is 2.16. The first-order valence-electron chi connectivity index (χ1n) is 6.04. The quantitative estimate of drug-likeness (QED) is 0.814. The minimum atomic E-state index is -0.815. The van der Waals surface area contributed by atoms with E-state index in [9.17, 15) is 8.78 Å². The van der Waals surface area contributed by atoms with Crippen LogP contribution < -0.4 is 5.32 Å². The largest absolute Gasteiger partial charge is 0.306 e. The second-order valence-corrected chi connectivity index (χ2v) is 6.54. The Morgan fingerprint density at radius 1 is 1.21 bits per heavy atom. The second-order valence-electron chi connectivity index (χ2n) is 4.24. The lowest BCUT2D eigenvalue weighted by molar-refractivity contribution is 0.503. The molecule has 0 radical (unpaired) electrons. The zero-order valence-electron chi connectivity index (χ0n) is 10.4. The van der Waals surface area contributed by atoms with Crippen LogP contribution >= 0.6 is 27.3 Å². The van der Waals surface area contributed by atoms with Gasteiger partial charge in [-0.15, -0.1) is 11.3 Å². The first-order chi connectivity index (χ1) is 9.11. The maximum absolute atomic E-state index is 13.4. The summed E-state index contributed by atoms with van der Waals surface area (Å²) in [7, 11) is 0. The SMILES string of the molecule is CCCNC(c1csc(Br)c1)c1ccc(F)c(F)c1. The average molecular weight is 346 g/mol. The zero-order valence-corrected chi connectivity index (χ0v) is 12.8. The number of hydrogen-bond donors (Lipinski definition) is 1. The van der Waals surface area contributed by atoms with Crippen LogP contribution in [0, 0.1) is 11.6 Å². The normalized spacial score (nSPS) is 12.6. The van der Waals surface area contributed by atoms with Crippen molar-refractivity contribution < 1.29 is 8.78 Å². The molecule has 1 aromatic carbocycles. The molecule has 0 saturated heterocycles. The van der Waals surface area contributed by atoms with E-state index in [0.29, 0.717) is 0 Å². The molecule has 0 saturated carbocycles. The van der Waals surface area contributed by atoms with E-state index in [1.54, 1.807) is 17.4 Å². The van der Waals surface area contributed by atoms with Crippen LogP contribution in [-0.4, -0.2) is 6.54 Å². The van der Waals surface area contributed by atoms with Gasteiger partial charge in [0.1, 0.15) is 0 Å². The van der Waals surface area contributed by atoms with Gasteiger partial charge >= 0.3 is 0 Å². The number of thiophene rings is 1. The highest BCUT2D eigenvalue weighted by atomic mass is 79.9. The van der Waals surface area contributed by atoms with Crippen molar-refractivity contribution in [1.82, 2.24) is 5.32 Å². The van der Waals surface area contributed by atoms with Gasteiger partial charge < -0.3 is 5.32 Å². The van der Waals surface area contributed by atoms with Gasteiger partial charge in [-0.2, -0.15) is 0 Å². The van der Waals surface area contributed by atoms with Crippen molar-refractivity contribution >= 4 is 27.3 Å². The van der Waals surface area contributed by atoms with Crippen LogP contribution in [0.15, 0.2) is 33.4 Å². The maximum Gasteiger partial charge on any atom is 0.159 e. The molecule has 2 rings (SSSR count). The van der Waals surface area contributed by atoms with E-state index in [1.807, 2.05) is 11.4 Å². The van der Waals surface area contributed by atoms with E-state index in [0.717, 1.165) is 27.9 Å². The van der Waals surface area contributed by atoms with Crippen LogP contribution in [0.1, 0.15) is 30.5 Å². The van der Waals surface area contributed by atoms with Crippen LogP contribution in [0.2, 0.25) is 0 Å². The summed E-state index contributed by atoms with van der Waals surface area (Å²) in [5, 5.41) is 5.37. The Kier molecular flexibility index (Phi) is 5.07. The predicted octanol–water partition coefficient (Wildman–Crippen LogP) is 4.88. The topological polar surface area (TPSA) is 12.0 Å². The van der Waals surface area contributed by atoms with Crippen LogP contribution in [0.4, 0.5) is 8.78 Å². The molecular formula is C14H14BrF2NS. The summed E-state index contributed by atoms with van der Waals surface area (Å²) >= 11 is 5.00. The summed E-state index contributed by atoms with van der Waals surface area (Å²) in [5.41, 5.74) is 1.79. The van der Waals surface area contributed by atoms with Crippen molar-refractivity contribution in [2.24, 2.45) is 0 Å². The fourth-order valence-corrected chi connectivity index (χ4v) is 3.09. The number of rotatable bonds is 5. The van der Waals surface area contributed by atoms with Crippen molar-refractivity contribution in [1.29, 1.82) is 0 Å². The molecule has 0 amide bonds. The van der Waals surface area contributed by atoms with E-state index in [1.165, 1.54) is 12.1 Å². The van der Waals surface area contributed by atoms with Gasteiger partial charge in [-0.25, -0.2) is 8.78 Å². The van der Waals surface area contributed by atoms with Gasteiger partial charge in [0.05, 0.1) is 9.83 Å². The van der Waals surface area contributed by atoms with Gasteiger partial charge in [0.2, 0.25) is 0 Å². The van der Waals surface area contributed by atoms with Crippen LogP contribution in [0.25, 0.3) is 0 Å². The van der Waals surface area contributed by atoms with Crippen LogP contribution in [0.3, 0.4) is 0 Å². The number of halogens is 3. The molecule has 1 unspecified atom stereocenters. The van der Waals surface area contributed by atoms with Crippen molar-refractivity contribution in [3.63, 3.8) is 0 Å². The van der Waals surface area contributed by atoms with Gasteiger partial charge in [-0.1, -0.05) is 13.0 Å². The molecule has 2 aromatic rings. The molecule has 102 valence electrons. The lowest BCUT2D eigenvalue weighted by Gasteiger charge is -2.18. The molecule has 0 fully saturated rings. The van der Waals surface area contributed by atoms with Gasteiger partial charge in [0.15, 0.2) is 11.6 Å². The van der Waals surface area contributed by atoms with E-state index >= 15 is 0 Å². The third-order valence-electron chi connectivity index (χ3n) is 2.80. The fourth-order valence-electron chi connectivity index (χ4n) is 1.88. The molecule has 5 heteroatoms. The Labute approximate surface area is 123 Å². The standard InChI is InChI=1S/C14H14BrF2NS/c1-2-5-18-14(10-7-13(15)19-8-10)9-3-4-11(16)12(17)6-9/h3-4,6-8,14,18H,2,5H2,1H3. The molecular weight excluding hydrogens is 332 g/mol. The Bertz CT molecular complexity index is 556. The first kappa shape index (κ1) is 14.6. The second kappa shape index (κ2) is 6.59. The summed E-state index contributed by atoms with van der Waals surface area (Å²) < 4.78 is 27.4. The van der Waals surface area contributed by atoms with Gasteiger partial charge in [0, 0.05) is 0 Å². The lowest BCUT2D eigenvalue weighted by atomic mass is 10.0. The molecule has 1 N–H and O–H groups in total. The van der Waals surface area contributed by atoms with Crippen molar-refractivity contribution in [2.75, 3.05) is 6.54 Å². The number of benzene rings is 1. The third kappa shape index (κ3) is 3.61. The molecule has 0 bridgehead atoms. The van der Waals surface area contributed by atoms with E-state index in [2.05, 4.69) is 28.2 Å². The summed E-state index contributed by atoms with van der Waals surface area (Å²) in [5.74, 6) is -1.63. The van der Waals surface area contributed by atoms with Gasteiger partial charge in [0.25, 0.3) is 0 Å². The summed E-state index contributed by atoms with van der Waals surface area (Å²) in [6, 6.07) is 5.94. The fraction of sp³-hybridized carbons (Fsp3) is 0.286. The van der Waals surface area contributed by atoms with Gasteiger partial charge in [-0.05, 0) is 63.6 Å². The highest BCUT2D eigenvalue weighted by Crippen LogP contribution is 2.30. The highest BCUT2D eigenvalue weighted by molar-refractivity contribution is 9.11. The third-order valence-corrected chi connectivity index (χ3v) is 4.32. The minimum Gasteiger partial charge on any atom is -0.306 e. The van der Waals surface area contributed by atoms with Crippen LogP contribution in [0.5, 0.6) is 0 Å². The molecule has 19 heavy (non-hydrogen) atoms. The molecule has 0 aliphatic rings. The predicted molar refractivity (Wildman–Crippen MR) is 78.5 cm³/mol. The number of nitrogens with one attached hydrogen (secondary N) is 1. The van der Waals surface area contributed by atoms with Crippen molar-refractivity contribution in [2.45, 2.75) is 19.4 Å². The Morgan fingerprint density at radius 2 is 2.00 bits per heavy atom. The van der Waals surface area contributed by atoms with Crippen molar-refractivity contribution in [3.8, 4) is 0 Å². The number of hydrogen-bond acceptors (Lipinski definition) is 2. The van der Waals surface area contributed by atoms with E-state index < -0.39 is 11.6 Å².